The van der Waals surface area contributed by atoms with E-state index in [1.165, 1.54) is 38.9 Å². The van der Waals surface area contributed by atoms with Crippen LogP contribution in [-0.2, 0) is 5.41 Å². The van der Waals surface area contributed by atoms with Crippen molar-refractivity contribution in [3.63, 3.8) is 0 Å². The molecule has 0 aliphatic heterocycles. The smallest absolute Gasteiger partial charge is 0.140 e. The number of nitrogens with zero attached hydrogens (tertiary/aromatic N) is 1. The first-order valence-electron chi connectivity index (χ1n) is 19.6. The van der Waals surface area contributed by atoms with Gasteiger partial charge in [0.25, 0.3) is 0 Å². The SMILES string of the molecule is c1ccc(-c2ccc(N(c3ccccc3)c3cccc(-c4cccc5oc6c(C7(c8ccccc8)c8ccccc8-c8ccccc87)cccc6c45)c3)cc2)cc1. The molecule has 0 saturated carbocycles. The maximum absolute atomic E-state index is 7.09. The zero-order valence-electron chi connectivity index (χ0n) is 31.2. The van der Waals surface area contributed by atoms with E-state index in [0.717, 1.165) is 55.7 Å². The molecule has 2 heteroatoms. The van der Waals surface area contributed by atoms with E-state index in [1.54, 1.807) is 0 Å². The van der Waals surface area contributed by atoms with Crippen molar-refractivity contribution in [2.75, 3.05) is 4.90 Å². The van der Waals surface area contributed by atoms with Crippen LogP contribution in [0.4, 0.5) is 17.1 Å². The van der Waals surface area contributed by atoms with Crippen LogP contribution in [0, 0.1) is 0 Å². The Balaban J connectivity index is 1.10. The standard InChI is InChI=1S/C55H37NO/c1-4-17-38(18-5-1)39-33-35-43(36-34-39)56(42-22-8-3-9-23-42)44-24-14-19-40(37-44)45-27-16-32-52-53(45)48-28-15-31-51(54(48)57-52)55(41-20-6-2-7-21-41)49-29-12-10-25-46(49)47-26-11-13-30-50(47)55/h1-37H. The highest BCUT2D eigenvalue weighted by molar-refractivity contribution is 6.14. The summed E-state index contributed by atoms with van der Waals surface area (Å²) in [6.45, 7) is 0. The van der Waals surface area contributed by atoms with Crippen LogP contribution in [0.25, 0.3) is 55.3 Å². The van der Waals surface area contributed by atoms with Gasteiger partial charge in [-0.25, -0.2) is 0 Å². The molecule has 2 nitrogen and oxygen atoms in total. The molecule has 1 aliphatic rings. The lowest BCUT2D eigenvalue weighted by molar-refractivity contribution is 0.648. The summed E-state index contributed by atoms with van der Waals surface area (Å²) in [5.74, 6) is 0. The number of furan rings is 1. The maximum Gasteiger partial charge on any atom is 0.140 e. The lowest BCUT2D eigenvalue weighted by Gasteiger charge is -2.33. The molecule has 10 aromatic rings. The first-order valence-corrected chi connectivity index (χ1v) is 19.6. The van der Waals surface area contributed by atoms with Crippen LogP contribution in [0.5, 0.6) is 0 Å². The minimum Gasteiger partial charge on any atom is -0.456 e. The van der Waals surface area contributed by atoms with E-state index in [1.807, 2.05) is 0 Å². The minimum atomic E-state index is -0.561. The number of fused-ring (bicyclic) bond motifs is 6. The van der Waals surface area contributed by atoms with E-state index in [-0.39, 0.29) is 0 Å². The fourth-order valence-corrected chi connectivity index (χ4v) is 9.33. The molecule has 1 aromatic heterocycles. The van der Waals surface area contributed by atoms with Gasteiger partial charge in [-0.2, -0.15) is 0 Å². The van der Waals surface area contributed by atoms with E-state index in [4.69, 9.17) is 4.42 Å². The monoisotopic (exact) mass is 727 g/mol. The molecule has 57 heavy (non-hydrogen) atoms. The normalized spacial score (nSPS) is 12.7. The third-order valence-electron chi connectivity index (χ3n) is 11.7. The van der Waals surface area contributed by atoms with Crippen LogP contribution in [0.3, 0.4) is 0 Å². The Kier molecular flexibility index (Phi) is 7.75. The second-order valence-corrected chi connectivity index (χ2v) is 14.8. The largest absolute Gasteiger partial charge is 0.456 e. The highest BCUT2D eigenvalue weighted by Gasteiger charge is 2.47. The van der Waals surface area contributed by atoms with Crippen LogP contribution in [0.1, 0.15) is 22.3 Å². The van der Waals surface area contributed by atoms with Crippen molar-refractivity contribution >= 4 is 39.0 Å². The lowest BCUT2D eigenvalue weighted by Crippen LogP contribution is -2.28. The molecular formula is C55H37NO. The molecule has 9 aromatic carbocycles. The molecule has 1 aliphatic carbocycles. The molecule has 0 amide bonds. The summed E-state index contributed by atoms with van der Waals surface area (Å²) in [5, 5.41) is 2.23. The predicted molar refractivity (Wildman–Crippen MR) is 237 cm³/mol. The van der Waals surface area contributed by atoms with Crippen molar-refractivity contribution in [2.45, 2.75) is 5.41 Å². The number of benzene rings is 9. The highest BCUT2D eigenvalue weighted by atomic mass is 16.3. The van der Waals surface area contributed by atoms with Gasteiger partial charge in [0.15, 0.2) is 0 Å². The summed E-state index contributed by atoms with van der Waals surface area (Å²) in [4.78, 5) is 2.34. The Hall–Kier alpha value is -7.42. The Bertz CT molecular complexity index is 3010. The fraction of sp³-hybridized carbons (Fsp3) is 0.0182. The quantitative estimate of drug-likeness (QED) is 0.163. The molecule has 0 fully saturated rings. The number of rotatable bonds is 7. The van der Waals surface area contributed by atoms with Crippen LogP contribution in [0.15, 0.2) is 229 Å². The summed E-state index contributed by atoms with van der Waals surface area (Å²) in [5.41, 5.74) is 16.6. The number of hydrogen-bond acceptors (Lipinski definition) is 2. The highest BCUT2D eigenvalue weighted by Crippen LogP contribution is 2.58. The van der Waals surface area contributed by atoms with Crippen molar-refractivity contribution in [1.82, 2.24) is 0 Å². The van der Waals surface area contributed by atoms with Crippen LogP contribution in [0.2, 0.25) is 0 Å². The van der Waals surface area contributed by atoms with Crippen molar-refractivity contribution in [1.29, 1.82) is 0 Å². The molecule has 11 rings (SSSR count). The first-order chi connectivity index (χ1) is 28.3. The van der Waals surface area contributed by atoms with E-state index in [9.17, 15) is 0 Å². The Labute approximate surface area is 332 Å². The number of anilines is 3. The average Bonchev–Trinajstić information content (AvgIpc) is 3.82. The molecule has 1 heterocycles. The fourth-order valence-electron chi connectivity index (χ4n) is 9.33. The third-order valence-corrected chi connectivity index (χ3v) is 11.7. The van der Waals surface area contributed by atoms with E-state index in [0.29, 0.717) is 0 Å². The molecular weight excluding hydrogens is 691 g/mol. The third kappa shape index (κ3) is 5.18. The Morgan fingerprint density at radius 2 is 0.860 bits per heavy atom. The number of hydrogen-bond donors (Lipinski definition) is 0. The van der Waals surface area contributed by atoms with Gasteiger partial charge in [-0.15, -0.1) is 0 Å². The topological polar surface area (TPSA) is 16.4 Å². The van der Waals surface area contributed by atoms with Gasteiger partial charge in [-0.3, -0.25) is 0 Å². The van der Waals surface area contributed by atoms with Crippen molar-refractivity contribution in [3.8, 4) is 33.4 Å². The van der Waals surface area contributed by atoms with Crippen LogP contribution in [-0.4, -0.2) is 0 Å². The molecule has 0 unspecified atom stereocenters. The van der Waals surface area contributed by atoms with Gasteiger partial charge in [0.1, 0.15) is 11.2 Å². The van der Waals surface area contributed by atoms with Crippen molar-refractivity contribution < 1.29 is 4.42 Å². The summed E-state index contributed by atoms with van der Waals surface area (Å²) >= 11 is 0. The van der Waals surface area contributed by atoms with Gasteiger partial charge in [0.2, 0.25) is 0 Å². The number of para-hydroxylation sites is 2. The summed E-state index contributed by atoms with van der Waals surface area (Å²) in [7, 11) is 0. The first kappa shape index (κ1) is 33.0. The molecule has 0 N–H and O–H groups in total. The molecule has 0 spiro atoms. The van der Waals surface area contributed by atoms with E-state index >= 15 is 0 Å². The van der Waals surface area contributed by atoms with Gasteiger partial charge in [-0.1, -0.05) is 182 Å². The molecule has 0 saturated heterocycles. The van der Waals surface area contributed by atoms with Crippen molar-refractivity contribution in [2.24, 2.45) is 0 Å². The molecule has 0 radical (unpaired) electrons. The lowest BCUT2D eigenvalue weighted by atomic mass is 9.67. The zero-order valence-corrected chi connectivity index (χ0v) is 31.2. The van der Waals surface area contributed by atoms with Gasteiger partial charge in [0, 0.05) is 33.4 Å². The zero-order chi connectivity index (χ0) is 37.8. The van der Waals surface area contributed by atoms with Crippen LogP contribution >= 0.6 is 0 Å². The average molecular weight is 728 g/mol. The van der Waals surface area contributed by atoms with Gasteiger partial charge < -0.3 is 9.32 Å². The Morgan fingerprint density at radius 3 is 1.58 bits per heavy atom. The summed E-state index contributed by atoms with van der Waals surface area (Å²) in [6.07, 6.45) is 0. The van der Waals surface area contributed by atoms with Crippen LogP contribution < -0.4 is 4.90 Å². The van der Waals surface area contributed by atoms with E-state index < -0.39 is 5.41 Å². The van der Waals surface area contributed by atoms with Gasteiger partial charge in [0.05, 0.1) is 5.41 Å². The van der Waals surface area contributed by atoms with E-state index in [2.05, 4.69) is 229 Å². The van der Waals surface area contributed by atoms with Gasteiger partial charge >= 0.3 is 0 Å². The summed E-state index contributed by atoms with van der Waals surface area (Å²) < 4.78 is 7.09. The predicted octanol–water partition coefficient (Wildman–Crippen LogP) is 14.8. The molecule has 0 bridgehead atoms. The molecule has 0 atom stereocenters. The maximum atomic E-state index is 7.09. The minimum absolute atomic E-state index is 0.561. The summed E-state index contributed by atoms with van der Waals surface area (Å²) in [6, 6.07) is 80.8. The second kappa shape index (κ2) is 13.4. The Morgan fingerprint density at radius 1 is 0.351 bits per heavy atom. The van der Waals surface area contributed by atoms with Crippen molar-refractivity contribution in [3.05, 3.63) is 247 Å². The second-order valence-electron chi connectivity index (χ2n) is 14.8. The molecule has 268 valence electrons. The van der Waals surface area contributed by atoms with Gasteiger partial charge in [-0.05, 0) is 92.5 Å².